The van der Waals surface area contributed by atoms with Crippen molar-refractivity contribution in [2.45, 2.75) is 57.5 Å². The Labute approximate surface area is 110 Å². The predicted octanol–water partition coefficient (Wildman–Crippen LogP) is 3.53. The molecule has 0 amide bonds. The van der Waals surface area contributed by atoms with Gasteiger partial charge in [-0.05, 0) is 48.8 Å². The highest BCUT2D eigenvalue weighted by molar-refractivity contribution is 5.09. The maximum atomic E-state index is 4.07. The highest BCUT2D eigenvalue weighted by Crippen LogP contribution is 2.40. The molecule has 0 aromatic carbocycles. The van der Waals surface area contributed by atoms with Crippen LogP contribution in [0.5, 0.6) is 0 Å². The van der Waals surface area contributed by atoms with Gasteiger partial charge in [0.2, 0.25) is 0 Å². The molecule has 0 saturated heterocycles. The lowest BCUT2D eigenvalue weighted by Gasteiger charge is -2.39. The van der Waals surface area contributed by atoms with E-state index in [4.69, 9.17) is 0 Å². The van der Waals surface area contributed by atoms with Crippen molar-refractivity contribution in [3.8, 4) is 0 Å². The molecule has 98 valence electrons. The summed E-state index contributed by atoms with van der Waals surface area (Å²) in [5.74, 6) is 2.07. The fourth-order valence-corrected chi connectivity index (χ4v) is 3.82. The molecule has 2 saturated carbocycles. The van der Waals surface area contributed by atoms with Crippen molar-refractivity contribution < 1.29 is 0 Å². The zero-order valence-electron chi connectivity index (χ0n) is 11.1. The average molecular weight is 244 g/mol. The van der Waals surface area contributed by atoms with Gasteiger partial charge in [-0.1, -0.05) is 25.7 Å². The number of pyridine rings is 1. The second-order valence-corrected chi connectivity index (χ2v) is 6.05. The van der Waals surface area contributed by atoms with Crippen molar-refractivity contribution in [1.82, 2.24) is 10.3 Å². The largest absolute Gasteiger partial charge is 0.310 e. The van der Waals surface area contributed by atoms with Crippen molar-refractivity contribution in [3.05, 3.63) is 30.1 Å². The molecule has 0 aliphatic heterocycles. The van der Waals surface area contributed by atoms with E-state index in [0.717, 1.165) is 24.4 Å². The molecule has 3 rings (SSSR count). The van der Waals surface area contributed by atoms with Gasteiger partial charge in [0.1, 0.15) is 0 Å². The molecule has 2 fully saturated rings. The summed E-state index contributed by atoms with van der Waals surface area (Å²) in [5.41, 5.74) is 1.36. The van der Waals surface area contributed by atoms with Gasteiger partial charge in [0.15, 0.2) is 0 Å². The first-order valence-electron chi connectivity index (χ1n) is 7.54. The number of hydrogen-bond donors (Lipinski definition) is 1. The summed E-state index contributed by atoms with van der Waals surface area (Å²) in [6, 6.07) is 4.97. The number of fused-ring (bicyclic) bond motifs is 1. The van der Waals surface area contributed by atoms with Crippen molar-refractivity contribution in [2.75, 3.05) is 0 Å². The molecule has 3 unspecified atom stereocenters. The zero-order valence-corrected chi connectivity index (χ0v) is 11.1. The summed E-state index contributed by atoms with van der Waals surface area (Å²) >= 11 is 0. The van der Waals surface area contributed by atoms with Gasteiger partial charge in [-0.3, -0.25) is 4.98 Å². The van der Waals surface area contributed by atoms with E-state index < -0.39 is 0 Å². The first-order chi connectivity index (χ1) is 8.92. The molecule has 2 aliphatic carbocycles. The Bertz CT molecular complexity index is 363. The van der Waals surface area contributed by atoms with E-state index in [2.05, 4.69) is 22.4 Å². The van der Waals surface area contributed by atoms with Gasteiger partial charge < -0.3 is 5.32 Å². The second-order valence-electron chi connectivity index (χ2n) is 6.05. The summed E-state index contributed by atoms with van der Waals surface area (Å²) in [4.78, 5) is 4.07. The van der Waals surface area contributed by atoms with Crippen LogP contribution in [0.15, 0.2) is 24.5 Å². The topological polar surface area (TPSA) is 24.9 Å². The summed E-state index contributed by atoms with van der Waals surface area (Å²) in [6.07, 6.45) is 14.0. The third kappa shape index (κ3) is 2.92. The number of nitrogens with zero attached hydrogens (tertiary/aromatic N) is 1. The minimum absolute atomic E-state index is 0.748. The van der Waals surface area contributed by atoms with Crippen molar-refractivity contribution in [3.63, 3.8) is 0 Å². The predicted molar refractivity (Wildman–Crippen MR) is 74.2 cm³/mol. The van der Waals surface area contributed by atoms with E-state index in [1.165, 1.54) is 50.5 Å². The maximum absolute atomic E-state index is 4.07. The Morgan fingerprint density at radius 1 is 1.00 bits per heavy atom. The molecule has 2 heteroatoms. The number of aromatic nitrogens is 1. The lowest BCUT2D eigenvalue weighted by Crippen LogP contribution is -2.38. The fourth-order valence-electron chi connectivity index (χ4n) is 3.82. The molecule has 0 spiro atoms. The Kier molecular flexibility index (Phi) is 3.94. The first-order valence-corrected chi connectivity index (χ1v) is 7.54. The monoisotopic (exact) mass is 244 g/mol. The maximum Gasteiger partial charge on any atom is 0.0271 e. The highest BCUT2D eigenvalue weighted by Gasteiger charge is 2.31. The van der Waals surface area contributed by atoms with Gasteiger partial charge in [0, 0.05) is 25.0 Å². The van der Waals surface area contributed by atoms with Crippen LogP contribution >= 0.6 is 0 Å². The van der Waals surface area contributed by atoms with Gasteiger partial charge >= 0.3 is 0 Å². The smallest absolute Gasteiger partial charge is 0.0271 e. The fraction of sp³-hybridized carbons (Fsp3) is 0.688. The van der Waals surface area contributed by atoms with Crippen LogP contribution in [0.4, 0.5) is 0 Å². The van der Waals surface area contributed by atoms with Crippen molar-refractivity contribution in [1.29, 1.82) is 0 Å². The van der Waals surface area contributed by atoms with Gasteiger partial charge in [0.25, 0.3) is 0 Å². The van der Waals surface area contributed by atoms with Gasteiger partial charge in [0.05, 0.1) is 0 Å². The molecule has 1 heterocycles. The van der Waals surface area contributed by atoms with Crippen LogP contribution in [-0.2, 0) is 6.54 Å². The number of rotatable bonds is 3. The van der Waals surface area contributed by atoms with Gasteiger partial charge in [-0.15, -0.1) is 0 Å². The lowest BCUT2D eigenvalue weighted by atomic mass is 9.69. The minimum atomic E-state index is 0.748. The van der Waals surface area contributed by atoms with Crippen molar-refractivity contribution >= 4 is 0 Å². The molecule has 1 aromatic rings. The van der Waals surface area contributed by atoms with E-state index in [-0.39, 0.29) is 0 Å². The summed E-state index contributed by atoms with van der Waals surface area (Å²) in [6.45, 7) is 1.00. The molecule has 2 aliphatic rings. The molecule has 0 bridgehead atoms. The van der Waals surface area contributed by atoms with Crippen LogP contribution < -0.4 is 5.32 Å². The van der Waals surface area contributed by atoms with E-state index in [1.54, 1.807) is 0 Å². The molecule has 18 heavy (non-hydrogen) atoms. The van der Waals surface area contributed by atoms with Crippen LogP contribution in [0.2, 0.25) is 0 Å². The van der Waals surface area contributed by atoms with Gasteiger partial charge in [-0.25, -0.2) is 0 Å². The third-order valence-corrected chi connectivity index (χ3v) is 4.88. The number of nitrogens with one attached hydrogen (secondary N) is 1. The quantitative estimate of drug-likeness (QED) is 0.880. The first kappa shape index (κ1) is 12.2. The van der Waals surface area contributed by atoms with Crippen LogP contribution in [-0.4, -0.2) is 11.0 Å². The Morgan fingerprint density at radius 3 is 2.61 bits per heavy atom. The zero-order chi connectivity index (χ0) is 12.2. The molecular formula is C16H24N2. The normalized spacial score (nSPS) is 31.9. The van der Waals surface area contributed by atoms with Crippen LogP contribution in [0.25, 0.3) is 0 Å². The van der Waals surface area contributed by atoms with E-state index in [0.29, 0.717) is 0 Å². The molecule has 1 aromatic heterocycles. The lowest BCUT2D eigenvalue weighted by molar-refractivity contribution is 0.143. The van der Waals surface area contributed by atoms with E-state index in [9.17, 15) is 0 Å². The van der Waals surface area contributed by atoms with E-state index >= 15 is 0 Å². The van der Waals surface area contributed by atoms with Crippen LogP contribution in [0.1, 0.15) is 50.5 Å². The van der Waals surface area contributed by atoms with E-state index in [1.807, 2.05) is 12.4 Å². The Balaban J connectivity index is 1.49. The van der Waals surface area contributed by atoms with Crippen LogP contribution in [0.3, 0.4) is 0 Å². The summed E-state index contributed by atoms with van der Waals surface area (Å²) in [7, 11) is 0. The Hall–Kier alpha value is -0.890. The second kappa shape index (κ2) is 5.83. The highest BCUT2D eigenvalue weighted by atomic mass is 14.9. The summed E-state index contributed by atoms with van der Waals surface area (Å²) < 4.78 is 0. The molecule has 0 radical (unpaired) electrons. The molecule has 3 atom stereocenters. The van der Waals surface area contributed by atoms with Gasteiger partial charge in [-0.2, -0.15) is 0 Å². The average Bonchev–Trinajstić information content (AvgIpc) is 2.46. The standard InChI is InChI=1S/C16H24N2/c1-2-4-15-11-16(6-5-14(15)3-1)18-12-13-7-9-17-10-8-13/h7-10,14-16,18H,1-6,11-12H2. The van der Waals surface area contributed by atoms with Crippen LogP contribution in [0, 0.1) is 11.8 Å². The van der Waals surface area contributed by atoms with Crippen molar-refractivity contribution in [2.24, 2.45) is 11.8 Å². The summed E-state index contributed by atoms with van der Waals surface area (Å²) in [5, 5.41) is 3.74. The molecular weight excluding hydrogens is 220 g/mol. The molecule has 2 nitrogen and oxygen atoms in total. The minimum Gasteiger partial charge on any atom is -0.310 e. The Morgan fingerprint density at radius 2 is 1.78 bits per heavy atom. The molecule has 1 N–H and O–H groups in total. The number of hydrogen-bond acceptors (Lipinski definition) is 2. The third-order valence-electron chi connectivity index (χ3n) is 4.88. The SMILES string of the molecule is c1cc(CNC2CCC3CCCCC3C2)ccn1.